The van der Waals surface area contributed by atoms with E-state index in [-0.39, 0.29) is 17.9 Å². The van der Waals surface area contributed by atoms with E-state index in [0.717, 1.165) is 17.5 Å². The first-order valence-electron chi connectivity index (χ1n) is 9.26. The fourth-order valence-electron chi connectivity index (χ4n) is 2.51. The Morgan fingerprint density at radius 1 is 1.07 bits per heavy atom. The number of hydrogen-bond acceptors (Lipinski definition) is 3. The average molecular weight is 368 g/mol. The Hall–Kier alpha value is -2.82. The predicted octanol–water partition coefficient (Wildman–Crippen LogP) is 4.24. The molecule has 0 aromatic heterocycles. The van der Waals surface area contributed by atoms with Crippen LogP contribution < -0.4 is 15.4 Å². The van der Waals surface area contributed by atoms with Crippen LogP contribution in [-0.4, -0.2) is 24.0 Å². The summed E-state index contributed by atoms with van der Waals surface area (Å²) in [7, 11) is 0. The molecule has 2 aromatic rings. The normalized spacial score (nSPS) is 12.8. The molecule has 5 nitrogen and oxygen atoms in total. The van der Waals surface area contributed by atoms with Gasteiger partial charge in [0.15, 0.2) is 6.10 Å². The van der Waals surface area contributed by atoms with Gasteiger partial charge in [-0.05, 0) is 63.4 Å². The van der Waals surface area contributed by atoms with Crippen LogP contribution in [0.25, 0.3) is 0 Å². The second kappa shape index (κ2) is 9.21. The number of carbonyl (C=O) groups excluding carboxylic acids is 2. The van der Waals surface area contributed by atoms with Crippen LogP contribution in [-0.2, 0) is 4.79 Å². The van der Waals surface area contributed by atoms with Gasteiger partial charge in [0.25, 0.3) is 11.8 Å². The lowest BCUT2D eigenvalue weighted by molar-refractivity contribution is -0.122. The minimum absolute atomic E-state index is 0.0628. The zero-order valence-corrected chi connectivity index (χ0v) is 16.6. The van der Waals surface area contributed by atoms with Gasteiger partial charge in [-0.25, -0.2) is 0 Å². The Balaban J connectivity index is 2.11. The quantitative estimate of drug-likeness (QED) is 0.768. The highest BCUT2D eigenvalue weighted by atomic mass is 16.5. The van der Waals surface area contributed by atoms with Crippen LogP contribution in [0.3, 0.4) is 0 Å². The van der Waals surface area contributed by atoms with Crippen molar-refractivity contribution >= 4 is 17.5 Å². The van der Waals surface area contributed by atoms with Gasteiger partial charge < -0.3 is 15.4 Å². The summed E-state index contributed by atoms with van der Waals surface area (Å²) in [6, 6.07) is 12.9. The van der Waals surface area contributed by atoms with Crippen molar-refractivity contribution < 1.29 is 14.3 Å². The average Bonchev–Trinajstić information content (AvgIpc) is 2.64. The van der Waals surface area contributed by atoms with Crippen LogP contribution in [0.5, 0.6) is 5.75 Å². The maximum Gasteiger partial charge on any atom is 0.265 e. The molecule has 144 valence electrons. The summed E-state index contributed by atoms with van der Waals surface area (Å²) in [5.41, 5.74) is 2.94. The number of para-hydroxylation sites is 1. The molecule has 0 saturated heterocycles. The molecule has 0 bridgehead atoms. The zero-order valence-electron chi connectivity index (χ0n) is 16.6. The Morgan fingerprint density at radius 2 is 1.78 bits per heavy atom. The van der Waals surface area contributed by atoms with E-state index in [1.807, 2.05) is 45.9 Å². The van der Waals surface area contributed by atoms with E-state index in [0.29, 0.717) is 17.0 Å². The van der Waals surface area contributed by atoms with Crippen LogP contribution >= 0.6 is 0 Å². The highest BCUT2D eigenvalue weighted by molar-refractivity contribution is 6.04. The first kappa shape index (κ1) is 20.5. The summed E-state index contributed by atoms with van der Waals surface area (Å²) in [6.45, 7) is 9.56. The van der Waals surface area contributed by atoms with Gasteiger partial charge in [0.1, 0.15) is 5.75 Å². The first-order chi connectivity index (χ1) is 12.8. The topological polar surface area (TPSA) is 67.4 Å². The lowest BCUT2D eigenvalue weighted by Gasteiger charge is -2.18. The lowest BCUT2D eigenvalue weighted by Crippen LogP contribution is -2.34. The maximum atomic E-state index is 12.6. The summed E-state index contributed by atoms with van der Waals surface area (Å²) in [5.74, 6) is 0.170. The van der Waals surface area contributed by atoms with Crippen LogP contribution in [0, 0.1) is 13.8 Å². The van der Waals surface area contributed by atoms with Crippen molar-refractivity contribution in [3.05, 3.63) is 59.2 Å². The third-order valence-electron chi connectivity index (χ3n) is 4.44. The molecule has 0 fully saturated rings. The standard InChI is InChI=1S/C22H28N2O3/c1-6-16(4)23-22(26)18-9-7-8-10-19(18)24-21(25)17(5)27-20-13-14(2)11-12-15(20)3/h7-13,16-17H,6H2,1-5H3,(H,23,26)(H,24,25)/t16-,17-/m0/s1. The van der Waals surface area contributed by atoms with Gasteiger partial charge in [-0.15, -0.1) is 0 Å². The highest BCUT2D eigenvalue weighted by Gasteiger charge is 2.19. The maximum absolute atomic E-state index is 12.6. The van der Waals surface area contributed by atoms with Crippen molar-refractivity contribution in [2.75, 3.05) is 5.32 Å². The number of rotatable bonds is 7. The number of ether oxygens (including phenoxy) is 1. The minimum Gasteiger partial charge on any atom is -0.481 e. The molecule has 0 spiro atoms. The van der Waals surface area contributed by atoms with Gasteiger partial charge in [-0.3, -0.25) is 9.59 Å². The summed E-state index contributed by atoms with van der Waals surface area (Å²) >= 11 is 0. The smallest absolute Gasteiger partial charge is 0.265 e. The zero-order chi connectivity index (χ0) is 20.0. The summed E-state index contributed by atoms with van der Waals surface area (Å²) < 4.78 is 5.83. The molecule has 0 aliphatic heterocycles. The van der Waals surface area contributed by atoms with E-state index in [4.69, 9.17) is 4.74 Å². The van der Waals surface area contributed by atoms with Crippen molar-refractivity contribution in [3.8, 4) is 5.75 Å². The monoisotopic (exact) mass is 368 g/mol. The Bertz CT molecular complexity index is 817. The Morgan fingerprint density at radius 3 is 2.48 bits per heavy atom. The van der Waals surface area contributed by atoms with Crippen LogP contribution in [0.1, 0.15) is 48.7 Å². The lowest BCUT2D eigenvalue weighted by atomic mass is 10.1. The Kier molecular flexibility index (Phi) is 6.99. The Labute approximate surface area is 161 Å². The number of carbonyl (C=O) groups is 2. The van der Waals surface area contributed by atoms with Gasteiger partial charge in [0.05, 0.1) is 11.3 Å². The van der Waals surface area contributed by atoms with Crippen LogP contribution in [0.2, 0.25) is 0 Å². The predicted molar refractivity (Wildman–Crippen MR) is 108 cm³/mol. The first-order valence-corrected chi connectivity index (χ1v) is 9.26. The summed E-state index contributed by atoms with van der Waals surface area (Å²) in [6.07, 6.45) is 0.136. The van der Waals surface area contributed by atoms with E-state index in [9.17, 15) is 9.59 Å². The van der Waals surface area contributed by atoms with E-state index >= 15 is 0 Å². The van der Waals surface area contributed by atoms with Crippen molar-refractivity contribution in [1.29, 1.82) is 0 Å². The van der Waals surface area contributed by atoms with E-state index < -0.39 is 6.10 Å². The molecule has 2 amide bonds. The molecule has 2 N–H and O–H groups in total. The summed E-state index contributed by atoms with van der Waals surface area (Å²) in [4.78, 5) is 25.1. The van der Waals surface area contributed by atoms with Gasteiger partial charge in [-0.2, -0.15) is 0 Å². The molecule has 27 heavy (non-hydrogen) atoms. The van der Waals surface area contributed by atoms with Crippen LogP contribution in [0.4, 0.5) is 5.69 Å². The number of benzene rings is 2. The number of hydrogen-bond donors (Lipinski definition) is 2. The third kappa shape index (κ3) is 5.58. The second-order valence-corrected chi connectivity index (χ2v) is 6.85. The highest BCUT2D eigenvalue weighted by Crippen LogP contribution is 2.21. The molecule has 0 heterocycles. The fraction of sp³-hybridized carbons (Fsp3) is 0.364. The molecule has 0 radical (unpaired) electrons. The van der Waals surface area contributed by atoms with E-state index in [1.54, 1.807) is 31.2 Å². The second-order valence-electron chi connectivity index (χ2n) is 6.85. The van der Waals surface area contributed by atoms with E-state index in [2.05, 4.69) is 10.6 Å². The number of aryl methyl sites for hydroxylation is 2. The molecule has 0 unspecified atom stereocenters. The van der Waals surface area contributed by atoms with Crippen molar-refractivity contribution in [2.24, 2.45) is 0 Å². The SMILES string of the molecule is CC[C@H](C)NC(=O)c1ccccc1NC(=O)[C@H](C)Oc1cc(C)ccc1C. The van der Waals surface area contributed by atoms with Crippen molar-refractivity contribution in [2.45, 2.75) is 53.2 Å². The molecular formula is C22H28N2O3. The summed E-state index contributed by atoms with van der Waals surface area (Å²) in [5, 5.41) is 5.73. The molecule has 2 aromatic carbocycles. The minimum atomic E-state index is -0.698. The molecule has 2 atom stereocenters. The fourth-order valence-corrected chi connectivity index (χ4v) is 2.51. The van der Waals surface area contributed by atoms with E-state index in [1.165, 1.54) is 0 Å². The number of anilines is 1. The molecular weight excluding hydrogens is 340 g/mol. The van der Waals surface area contributed by atoms with Crippen LogP contribution in [0.15, 0.2) is 42.5 Å². The van der Waals surface area contributed by atoms with Gasteiger partial charge in [0.2, 0.25) is 0 Å². The van der Waals surface area contributed by atoms with Crippen molar-refractivity contribution in [1.82, 2.24) is 5.32 Å². The molecule has 0 saturated carbocycles. The number of amides is 2. The van der Waals surface area contributed by atoms with Gasteiger partial charge in [-0.1, -0.05) is 31.2 Å². The molecule has 2 rings (SSSR count). The number of nitrogens with one attached hydrogen (secondary N) is 2. The third-order valence-corrected chi connectivity index (χ3v) is 4.44. The van der Waals surface area contributed by atoms with Gasteiger partial charge >= 0.3 is 0 Å². The largest absolute Gasteiger partial charge is 0.481 e. The molecule has 0 aliphatic rings. The molecule has 0 aliphatic carbocycles. The molecule has 5 heteroatoms. The van der Waals surface area contributed by atoms with Gasteiger partial charge in [0, 0.05) is 6.04 Å². The van der Waals surface area contributed by atoms with Crippen molar-refractivity contribution in [3.63, 3.8) is 0 Å².